The van der Waals surface area contributed by atoms with Crippen LogP contribution in [-0.4, -0.2) is 43.7 Å². The van der Waals surface area contributed by atoms with Crippen LogP contribution in [-0.2, 0) is 6.42 Å². The first kappa shape index (κ1) is 21.9. The van der Waals surface area contributed by atoms with Crippen LogP contribution in [0.4, 0.5) is 0 Å². The van der Waals surface area contributed by atoms with E-state index in [0.717, 1.165) is 51.4 Å². The molecule has 1 fully saturated rings. The number of rotatable bonds is 6. The number of hydrogen-bond acceptors (Lipinski definition) is 3. The largest absolute Gasteiger partial charge is 0.492 e. The summed E-state index contributed by atoms with van der Waals surface area (Å²) in [7, 11) is 0. The highest BCUT2D eigenvalue weighted by Gasteiger charge is 2.22. The van der Waals surface area contributed by atoms with E-state index in [1.807, 2.05) is 0 Å². The van der Waals surface area contributed by atoms with Crippen molar-refractivity contribution in [2.75, 3.05) is 32.8 Å². The molecule has 3 nitrogen and oxygen atoms in total. The Hall–Kier alpha value is -2.88. The molecule has 0 bridgehead atoms. The maximum absolute atomic E-state index is 6.18. The van der Waals surface area contributed by atoms with Crippen molar-refractivity contribution in [3.63, 3.8) is 0 Å². The molecule has 170 valence electrons. The van der Waals surface area contributed by atoms with Gasteiger partial charge in [-0.3, -0.25) is 4.90 Å². The van der Waals surface area contributed by atoms with Gasteiger partial charge in [-0.2, -0.15) is 0 Å². The van der Waals surface area contributed by atoms with Crippen molar-refractivity contribution in [2.24, 2.45) is 0 Å². The van der Waals surface area contributed by atoms with E-state index in [2.05, 4.69) is 96.9 Å². The fourth-order valence-electron chi connectivity index (χ4n) is 5.14. The van der Waals surface area contributed by atoms with Crippen LogP contribution in [0.1, 0.15) is 41.2 Å². The normalized spacial score (nSPS) is 17.5. The van der Waals surface area contributed by atoms with E-state index >= 15 is 0 Å². The van der Waals surface area contributed by atoms with Gasteiger partial charge in [0, 0.05) is 32.2 Å². The van der Waals surface area contributed by atoms with E-state index in [9.17, 15) is 0 Å². The third-order valence-electron chi connectivity index (χ3n) is 7.01. The minimum absolute atomic E-state index is 0.424. The lowest BCUT2D eigenvalue weighted by molar-refractivity contribution is 0.132. The Morgan fingerprint density at radius 2 is 1.64 bits per heavy atom. The Morgan fingerprint density at radius 1 is 0.879 bits per heavy atom. The van der Waals surface area contributed by atoms with Crippen molar-refractivity contribution in [1.29, 1.82) is 0 Å². The van der Waals surface area contributed by atoms with Gasteiger partial charge in [-0.1, -0.05) is 66.2 Å². The third kappa shape index (κ3) is 4.90. The number of ether oxygens (including phenoxy) is 1. The van der Waals surface area contributed by atoms with E-state index < -0.39 is 0 Å². The van der Waals surface area contributed by atoms with Crippen LogP contribution >= 0.6 is 0 Å². The number of nitrogens with zero attached hydrogens (tertiary/aromatic N) is 1. The molecule has 5 rings (SSSR count). The summed E-state index contributed by atoms with van der Waals surface area (Å²) in [5, 5.41) is 3.42. The number of fused-ring (bicyclic) bond motifs is 1. The maximum atomic E-state index is 6.18. The molecule has 1 saturated heterocycles. The lowest BCUT2D eigenvalue weighted by Gasteiger charge is -2.32. The first-order chi connectivity index (χ1) is 16.2. The fourth-order valence-corrected chi connectivity index (χ4v) is 5.14. The topological polar surface area (TPSA) is 24.5 Å². The van der Waals surface area contributed by atoms with E-state index in [4.69, 9.17) is 4.74 Å². The third-order valence-corrected chi connectivity index (χ3v) is 7.01. The van der Waals surface area contributed by atoms with E-state index in [0.29, 0.717) is 6.04 Å². The summed E-state index contributed by atoms with van der Waals surface area (Å²) < 4.78 is 6.18. The number of piperazine rings is 1. The molecule has 2 aliphatic rings. The van der Waals surface area contributed by atoms with Gasteiger partial charge in [0.2, 0.25) is 0 Å². The molecule has 33 heavy (non-hydrogen) atoms. The SMILES string of the molecule is Cc1ccc2c(c1)CCC(c1ccccc1)=C2c1ccc(OC[C@@H](C)N2CCNCC2)cc1. The zero-order valence-electron chi connectivity index (χ0n) is 19.8. The van der Waals surface area contributed by atoms with Crippen LogP contribution in [0.5, 0.6) is 5.75 Å². The number of aryl methyl sites for hydroxylation is 2. The van der Waals surface area contributed by atoms with Crippen LogP contribution in [0.15, 0.2) is 72.8 Å². The van der Waals surface area contributed by atoms with Gasteiger partial charge < -0.3 is 10.1 Å². The Kier molecular flexibility index (Phi) is 6.61. The highest BCUT2D eigenvalue weighted by Crippen LogP contribution is 2.41. The Balaban J connectivity index is 1.41. The lowest BCUT2D eigenvalue weighted by Crippen LogP contribution is -2.49. The van der Waals surface area contributed by atoms with Crippen molar-refractivity contribution >= 4 is 11.1 Å². The second-order valence-electron chi connectivity index (χ2n) is 9.35. The van der Waals surface area contributed by atoms with Crippen LogP contribution in [0.2, 0.25) is 0 Å². The average Bonchev–Trinajstić information content (AvgIpc) is 2.88. The van der Waals surface area contributed by atoms with E-state index in [1.165, 1.54) is 39.0 Å². The second kappa shape index (κ2) is 9.94. The van der Waals surface area contributed by atoms with Crippen molar-refractivity contribution in [3.05, 3.63) is 101 Å². The molecule has 1 atom stereocenters. The standard InChI is InChI=1S/C30H34N2O/c1-22-8-14-29-26(20-22)11-15-28(24-6-4-3-5-7-24)30(29)25-9-12-27(13-10-25)33-21-23(2)32-18-16-31-17-19-32/h3-10,12-14,20,23,31H,11,15-19,21H2,1-2H3/t23-/m1/s1. The molecule has 1 heterocycles. The van der Waals surface area contributed by atoms with Gasteiger partial charge in [0.1, 0.15) is 12.4 Å². The fraction of sp³-hybridized carbons (Fsp3) is 0.333. The molecule has 0 aromatic heterocycles. The number of hydrogen-bond donors (Lipinski definition) is 1. The van der Waals surface area contributed by atoms with Crippen molar-refractivity contribution < 1.29 is 4.74 Å². The van der Waals surface area contributed by atoms with Gasteiger partial charge in [-0.05, 0) is 72.2 Å². The lowest BCUT2D eigenvalue weighted by atomic mass is 9.79. The second-order valence-corrected chi connectivity index (χ2v) is 9.35. The summed E-state index contributed by atoms with van der Waals surface area (Å²) in [5.41, 5.74) is 9.54. The smallest absolute Gasteiger partial charge is 0.119 e. The predicted octanol–water partition coefficient (Wildman–Crippen LogP) is 5.57. The molecule has 0 radical (unpaired) electrons. The molecular weight excluding hydrogens is 404 g/mol. The van der Waals surface area contributed by atoms with Gasteiger partial charge in [0.25, 0.3) is 0 Å². The summed E-state index contributed by atoms with van der Waals surface area (Å²) in [6, 6.07) is 26.9. The molecule has 3 aromatic rings. The molecule has 0 unspecified atom stereocenters. The molecule has 3 heteroatoms. The number of nitrogens with one attached hydrogen (secondary N) is 1. The predicted molar refractivity (Wildman–Crippen MR) is 138 cm³/mol. The van der Waals surface area contributed by atoms with Crippen LogP contribution in [0.3, 0.4) is 0 Å². The Labute approximate surface area is 198 Å². The summed E-state index contributed by atoms with van der Waals surface area (Å²) in [5.74, 6) is 0.947. The summed E-state index contributed by atoms with van der Waals surface area (Å²) >= 11 is 0. The van der Waals surface area contributed by atoms with Gasteiger partial charge in [0.05, 0.1) is 0 Å². The van der Waals surface area contributed by atoms with E-state index in [-0.39, 0.29) is 0 Å². The Bertz CT molecular complexity index is 1110. The summed E-state index contributed by atoms with van der Waals surface area (Å²) in [6.45, 7) is 9.50. The van der Waals surface area contributed by atoms with Crippen molar-refractivity contribution in [3.8, 4) is 5.75 Å². The van der Waals surface area contributed by atoms with Gasteiger partial charge in [-0.15, -0.1) is 0 Å². The van der Waals surface area contributed by atoms with Crippen LogP contribution in [0.25, 0.3) is 11.1 Å². The first-order valence-electron chi connectivity index (χ1n) is 12.3. The van der Waals surface area contributed by atoms with Crippen LogP contribution in [0, 0.1) is 6.92 Å². The molecule has 1 N–H and O–H groups in total. The summed E-state index contributed by atoms with van der Waals surface area (Å²) in [4.78, 5) is 2.50. The molecule has 0 saturated carbocycles. The van der Waals surface area contributed by atoms with Gasteiger partial charge in [0.15, 0.2) is 0 Å². The molecule has 0 spiro atoms. The quantitative estimate of drug-likeness (QED) is 0.544. The summed E-state index contributed by atoms with van der Waals surface area (Å²) in [6.07, 6.45) is 2.16. The maximum Gasteiger partial charge on any atom is 0.119 e. The molecule has 1 aliphatic heterocycles. The number of benzene rings is 3. The van der Waals surface area contributed by atoms with Gasteiger partial charge in [-0.25, -0.2) is 0 Å². The number of allylic oxidation sites excluding steroid dienone is 1. The zero-order chi connectivity index (χ0) is 22.6. The molecule has 1 aliphatic carbocycles. The molecule has 0 amide bonds. The van der Waals surface area contributed by atoms with Crippen LogP contribution < -0.4 is 10.1 Å². The monoisotopic (exact) mass is 438 g/mol. The molecular formula is C30H34N2O. The molecule has 3 aromatic carbocycles. The minimum Gasteiger partial charge on any atom is -0.492 e. The highest BCUT2D eigenvalue weighted by atomic mass is 16.5. The van der Waals surface area contributed by atoms with Gasteiger partial charge >= 0.3 is 0 Å². The Morgan fingerprint density at radius 3 is 2.39 bits per heavy atom. The van der Waals surface area contributed by atoms with E-state index in [1.54, 1.807) is 0 Å². The highest BCUT2D eigenvalue weighted by molar-refractivity contribution is 6.00. The van der Waals surface area contributed by atoms with Crippen molar-refractivity contribution in [2.45, 2.75) is 32.7 Å². The minimum atomic E-state index is 0.424. The zero-order valence-corrected chi connectivity index (χ0v) is 19.8. The van der Waals surface area contributed by atoms with Crippen molar-refractivity contribution in [1.82, 2.24) is 10.2 Å². The average molecular weight is 439 g/mol. The first-order valence-corrected chi connectivity index (χ1v) is 12.3.